The van der Waals surface area contributed by atoms with Crippen LogP contribution in [0.15, 0.2) is 47.6 Å². The number of benzene rings is 2. The van der Waals surface area contributed by atoms with E-state index < -0.39 is 4.92 Å². The molecule has 1 amide bonds. The van der Waals surface area contributed by atoms with Crippen molar-refractivity contribution < 1.29 is 14.5 Å². The number of hydrogen-bond donors (Lipinski definition) is 1. The molecule has 3 aromatic rings. The molecule has 1 N–H and O–H groups in total. The molecule has 0 aliphatic heterocycles. The van der Waals surface area contributed by atoms with E-state index in [9.17, 15) is 14.9 Å². The molecule has 0 bridgehead atoms. The van der Waals surface area contributed by atoms with Crippen molar-refractivity contribution in [1.29, 1.82) is 0 Å². The van der Waals surface area contributed by atoms with Crippen molar-refractivity contribution in [3.8, 4) is 5.75 Å². The number of amides is 1. The van der Waals surface area contributed by atoms with Gasteiger partial charge in [0.25, 0.3) is 5.69 Å². The highest BCUT2D eigenvalue weighted by Gasteiger charge is 2.14. The SMILES string of the molecule is Cc1ccc([N+](=O)[O-])cc1NC(=O)CSc1nnc(COc2ccccc2C)n1C. The van der Waals surface area contributed by atoms with Crippen LogP contribution in [-0.2, 0) is 18.4 Å². The number of nitrogens with zero attached hydrogens (tertiary/aromatic N) is 4. The predicted octanol–water partition coefficient (Wildman–Crippen LogP) is 3.65. The molecule has 1 heterocycles. The first-order chi connectivity index (χ1) is 14.3. The van der Waals surface area contributed by atoms with Crippen molar-refractivity contribution in [3.05, 3.63) is 69.5 Å². The van der Waals surface area contributed by atoms with Crippen LogP contribution in [0.4, 0.5) is 11.4 Å². The van der Waals surface area contributed by atoms with E-state index in [2.05, 4.69) is 15.5 Å². The number of aryl methyl sites for hydroxylation is 2. The van der Waals surface area contributed by atoms with Crippen molar-refractivity contribution >= 4 is 29.0 Å². The Bertz CT molecular complexity index is 1080. The number of nitrogens with one attached hydrogen (secondary N) is 1. The summed E-state index contributed by atoms with van der Waals surface area (Å²) < 4.78 is 7.57. The fourth-order valence-electron chi connectivity index (χ4n) is 2.63. The van der Waals surface area contributed by atoms with E-state index in [1.807, 2.05) is 38.2 Å². The van der Waals surface area contributed by atoms with Gasteiger partial charge in [-0.1, -0.05) is 36.0 Å². The predicted molar refractivity (Wildman–Crippen MR) is 114 cm³/mol. The molecule has 2 aromatic carbocycles. The number of thioether (sulfide) groups is 1. The monoisotopic (exact) mass is 427 g/mol. The van der Waals surface area contributed by atoms with Crippen LogP contribution >= 0.6 is 11.8 Å². The lowest BCUT2D eigenvalue weighted by Gasteiger charge is -2.09. The van der Waals surface area contributed by atoms with E-state index >= 15 is 0 Å². The molecule has 9 nitrogen and oxygen atoms in total. The maximum absolute atomic E-state index is 12.3. The van der Waals surface area contributed by atoms with Gasteiger partial charge in [0.2, 0.25) is 5.91 Å². The summed E-state index contributed by atoms with van der Waals surface area (Å²) in [4.78, 5) is 22.7. The maximum atomic E-state index is 12.3. The normalized spacial score (nSPS) is 10.6. The third-order valence-electron chi connectivity index (χ3n) is 4.41. The van der Waals surface area contributed by atoms with Gasteiger partial charge in [-0.15, -0.1) is 10.2 Å². The average molecular weight is 427 g/mol. The van der Waals surface area contributed by atoms with Crippen molar-refractivity contribution in [2.75, 3.05) is 11.1 Å². The lowest BCUT2D eigenvalue weighted by atomic mass is 10.2. The molecule has 0 saturated heterocycles. The van der Waals surface area contributed by atoms with Gasteiger partial charge in [0, 0.05) is 19.2 Å². The largest absolute Gasteiger partial charge is 0.485 e. The van der Waals surface area contributed by atoms with Crippen LogP contribution in [-0.4, -0.2) is 31.3 Å². The Morgan fingerprint density at radius 2 is 1.97 bits per heavy atom. The number of anilines is 1. The summed E-state index contributed by atoms with van der Waals surface area (Å²) in [5.41, 5.74) is 2.12. The Kier molecular flexibility index (Phi) is 6.68. The van der Waals surface area contributed by atoms with Gasteiger partial charge in [-0.25, -0.2) is 0 Å². The van der Waals surface area contributed by atoms with Crippen LogP contribution in [0.5, 0.6) is 5.75 Å². The van der Waals surface area contributed by atoms with E-state index in [1.54, 1.807) is 17.6 Å². The van der Waals surface area contributed by atoms with E-state index in [0.29, 0.717) is 16.7 Å². The minimum absolute atomic E-state index is 0.0739. The highest BCUT2D eigenvalue weighted by atomic mass is 32.2. The first-order valence-corrected chi connectivity index (χ1v) is 10.1. The highest BCUT2D eigenvalue weighted by Crippen LogP contribution is 2.23. The number of carbonyl (C=O) groups is 1. The van der Waals surface area contributed by atoms with Gasteiger partial charge < -0.3 is 14.6 Å². The number of non-ortho nitro benzene ring substituents is 1. The number of para-hydroxylation sites is 1. The van der Waals surface area contributed by atoms with Crippen molar-refractivity contribution in [3.63, 3.8) is 0 Å². The molecule has 0 aliphatic rings. The topological polar surface area (TPSA) is 112 Å². The average Bonchev–Trinajstić information content (AvgIpc) is 3.07. The Labute approximate surface area is 177 Å². The van der Waals surface area contributed by atoms with Gasteiger partial charge in [-0.2, -0.15) is 0 Å². The third kappa shape index (κ3) is 5.15. The second-order valence-electron chi connectivity index (χ2n) is 6.61. The third-order valence-corrected chi connectivity index (χ3v) is 5.43. The van der Waals surface area contributed by atoms with E-state index in [1.165, 1.54) is 23.9 Å². The van der Waals surface area contributed by atoms with Gasteiger partial charge >= 0.3 is 0 Å². The fourth-order valence-corrected chi connectivity index (χ4v) is 3.36. The Morgan fingerprint density at radius 3 is 2.70 bits per heavy atom. The summed E-state index contributed by atoms with van der Waals surface area (Å²) in [7, 11) is 1.81. The van der Waals surface area contributed by atoms with Gasteiger partial charge in [0.1, 0.15) is 12.4 Å². The highest BCUT2D eigenvalue weighted by molar-refractivity contribution is 7.99. The second-order valence-corrected chi connectivity index (χ2v) is 7.55. The molecule has 0 fully saturated rings. The zero-order valence-electron chi connectivity index (χ0n) is 16.8. The first-order valence-electron chi connectivity index (χ1n) is 9.09. The summed E-state index contributed by atoms with van der Waals surface area (Å²) >= 11 is 1.22. The Morgan fingerprint density at radius 1 is 1.20 bits per heavy atom. The molecule has 0 saturated carbocycles. The number of rotatable bonds is 8. The lowest BCUT2D eigenvalue weighted by molar-refractivity contribution is -0.384. The summed E-state index contributed by atoms with van der Waals surface area (Å²) in [6.45, 7) is 4.00. The summed E-state index contributed by atoms with van der Waals surface area (Å²) in [5.74, 6) is 1.22. The van der Waals surface area contributed by atoms with Crippen molar-refractivity contribution in [1.82, 2.24) is 14.8 Å². The summed E-state index contributed by atoms with van der Waals surface area (Å²) in [6.07, 6.45) is 0. The number of carbonyl (C=O) groups excluding carboxylic acids is 1. The van der Waals surface area contributed by atoms with Crippen LogP contribution in [0.25, 0.3) is 0 Å². The van der Waals surface area contributed by atoms with Crippen LogP contribution in [0, 0.1) is 24.0 Å². The van der Waals surface area contributed by atoms with Gasteiger partial charge in [-0.05, 0) is 31.0 Å². The number of aromatic nitrogens is 3. The Hall–Kier alpha value is -3.40. The molecule has 10 heteroatoms. The van der Waals surface area contributed by atoms with Crippen molar-refractivity contribution in [2.45, 2.75) is 25.6 Å². The molecular formula is C20H21N5O4S. The van der Waals surface area contributed by atoms with Crippen LogP contribution in [0.2, 0.25) is 0 Å². The standard InChI is InChI=1S/C20H21N5O4S/c1-13-8-9-15(25(27)28)10-16(13)21-19(26)12-30-20-23-22-18(24(20)3)11-29-17-7-5-4-6-14(17)2/h4-10H,11-12H2,1-3H3,(H,21,26). The van der Waals surface area contributed by atoms with Crippen LogP contribution < -0.4 is 10.1 Å². The fraction of sp³-hybridized carbons (Fsp3) is 0.250. The van der Waals surface area contributed by atoms with Crippen LogP contribution in [0.1, 0.15) is 17.0 Å². The second kappa shape index (κ2) is 9.40. The number of nitro groups is 1. The number of ether oxygens (including phenoxy) is 1. The number of nitro benzene ring substituents is 1. The summed E-state index contributed by atoms with van der Waals surface area (Å²) in [6, 6.07) is 12.1. The smallest absolute Gasteiger partial charge is 0.271 e. The molecular weight excluding hydrogens is 406 g/mol. The minimum Gasteiger partial charge on any atom is -0.485 e. The zero-order chi connectivity index (χ0) is 21.7. The molecule has 156 valence electrons. The molecule has 1 aromatic heterocycles. The molecule has 0 unspecified atom stereocenters. The van der Waals surface area contributed by atoms with Gasteiger partial charge in [0.05, 0.1) is 16.4 Å². The Balaban J connectivity index is 1.57. The molecule has 3 rings (SSSR count). The molecule has 30 heavy (non-hydrogen) atoms. The molecule has 0 radical (unpaired) electrons. The van der Waals surface area contributed by atoms with Gasteiger partial charge in [-0.3, -0.25) is 14.9 Å². The summed E-state index contributed by atoms with van der Waals surface area (Å²) in [5, 5.41) is 22.4. The quantitative estimate of drug-likeness (QED) is 0.332. The molecule has 0 aliphatic carbocycles. The van der Waals surface area contributed by atoms with Gasteiger partial charge in [0.15, 0.2) is 11.0 Å². The van der Waals surface area contributed by atoms with Crippen molar-refractivity contribution in [2.24, 2.45) is 7.05 Å². The first kappa shape index (κ1) is 21.3. The van der Waals surface area contributed by atoms with E-state index in [0.717, 1.165) is 16.9 Å². The van der Waals surface area contributed by atoms with E-state index in [-0.39, 0.29) is 24.0 Å². The minimum atomic E-state index is -0.496. The number of hydrogen-bond acceptors (Lipinski definition) is 7. The van der Waals surface area contributed by atoms with Crippen LogP contribution in [0.3, 0.4) is 0 Å². The zero-order valence-corrected chi connectivity index (χ0v) is 17.6. The maximum Gasteiger partial charge on any atom is 0.271 e. The van der Waals surface area contributed by atoms with E-state index in [4.69, 9.17) is 4.74 Å². The molecule has 0 atom stereocenters. The molecule has 0 spiro atoms. The lowest BCUT2D eigenvalue weighted by Crippen LogP contribution is -2.15.